The van der Waals surface area contributed by atoms with Gasteiger partial charge in [-0.05, 0) is 37.6 Å². The summed E-state index contributed by atoms with van der Waals surface area (Å²) >= 11 is 5.90. The number of carboxylic acid groups (broad SMARTS) is 1. The highest BCUT2D eigenvalue weighted by molar-refractivity contribution is 6.30. The Labute approximate surface area is 139 Å². The molecule has 0 saturated carbocycles. The first-order valence-electron chi connectivity index (χ1n) is 7.42. The lowest BCUT2D eigenvalue weighted by Crippen LogP contribution is -2.50. The molecule has 23 heavy (non-hydrogen) atoms. The Bertz CT molecular complexity index is 592. The second-order valence-corrected chi connectivity index (χ2v) is 5.98. The molecule has 0 aliphatic carbocycles. The number of halogens is 1. The lowest BCUT2D eigenvalue weighted by atomic mass is 10.2. The molecule has 6 nitrogen and oxygen atoms in total. The van der Waals surface area contributed by atoms with Gasteiger partial charge in [-0.3, -0.25) is 9.59 Å². The van der Waals surface area contributed by atoms with E-state index in [1.807, 2.05) is 6.92 Å². The first-order chi connectivity index (χ1) is 10.9. The Morgan fingerprint density at radius 1 is 1.52 bits per heavy atom. The Morgan fingerprint density at radius 3 is 2.91 bits per heavy atom. The van der Waals surface area contributed by atoms with E-state index in [1.165, 1.54) is 0 Å². The van der Waals surface area contributed by atoms with Crippen LogP contribution in [0.3, 0.4) is 0 Å². The van der Waals surface area contributed by atoms with Gasteiger partial charge in [0.15, 0.2) is 6.10 Å². The second-order valence-electron chi connectivity index (χ2n) is 5.54. The van der Waals surface area contributed by atoms with Crippen LogP contribution in [-0.2, 0) is 14.3 Å². The van der Waals surface area contributed by atoms with Gasteiger partial charge in [0.25, 0.3) is 5.91 Å². The van der Waals surface area contributed by atoms with E-state index in [1.54, 1.807) is 30.0 Å². The number of nitrogens with zero attached hydrogens (tertiary/aromatic N) is 1. The molecule has 1 aromatic rings. The van der Waals surface area contributed by atoms with Gasteiger partial charge in [-0.1, -0.05) is 11.6 Å². The fourth-order valence-electron chi connectivity index (χ4n) is 2.48. The maximum Gasteiger partial charge on any atom is 0.306 e. The maximum absolute atomic E-state index is 12.5. The fourth-order valence-corrected chi connectivity index (χ4v) is 2.71. The highest BCUT2D eigenvalue weighted by Gasteiger charge is 2.29. The summed E-state index contributed by atoms with van der Waals surface area (Å²) in [6.45, 7) is 4.56. The van der Waals surface area contributed by atoms with Crippen LogP contribution in [0.5, 0.6) is 5.75 Å². The number of ether oxygens (including phenoxy) is 2. The number of carbonyl (C=O) groups excluding carboxylic acids is 1. The highest BCUT2D eigenvalue weighted by Crippen LogP contribution is 2.23. The van der Waals surface area contributed by atoms with E-state index < -0.39 is 18.2 Å². The summed E-state index contributed by atoms with van der Waals surface area (Å²) < 4.78 is 11.1. The van der Waals surface area contributed by atoms with Gasteiger partial charge < -0.3 is 19.5 Å². The summed E-state index contributed by atoms with van der Waals surface area (Å²) in [5.41, 5.74) is 0.850. The fraction of sp³-hybridized carbons (Fsp3) is 0.500. The standard InChI is InChI=1S/C16H20ClNO5/c1-10-7-12(17)3-4-14(10)23-11(2)16(21)18-5-6-22-13(9-18)8-15(19)20/h3-4,7,11,13H,5-6,8-9H2,1-2H3,(H,19,20)/t11-,13-/m0/s1. The van der Waals surface area contributed by atoms with Gasteiger partial charge in [-0.2, -0.15) is 0 Å². The lowest BCUT2D eigenvalue weighted by molar-refractivity contribution is -0.151. The van der Waals surface area contributed by atoms with Crippen LogP contribution in [-0.4, -0.2) is 53.8 Å². The molecule has 126 valence electrons. The molecule has 1 aliphatic rings. The van der Waals surface area contributed by atoms with Crippen molar-refractivity contribution in [3.05, 3.63) is 28.8 Å². The molecule has 1 amide bonds. The van der Waals surface area contributed by atoms with Crippen molar-refractivity contribution >= 4 is 23.5 Å². The number of benzene rings is 1. The third-order valence-corrected chi connectivity index (χ3v) is 3.88. The Kier molecular flexibility index (Phi) is 5.85. The van der Waals surface area contributed by atoms with Crippen LogP contribution in [0.4, 0.5) is 0 Å². The van der Waals surface area contributed by atoms with Crippen molar-refractivity contribution in [3.8, 4) is 5.75 Å². The molecule has 0 bridgehead atoms. The van der Waals surface area contributed by atoms with E-state index in [2.05, 4.69) is 0 Å². The number of aliphatic carboxylic acids is 1. The lowest BCUT2D eigenvalue weighted by Gasteiger charge is -2.33. The quantitative estimate of drug-likeness (QED) is 0.887. The average molecular weight is 342 g/mol. The van der Waals surface area contributed by atoms with E-state index in [0.29, 0.717) is 23.9 Å². The molecular weight excluding hydrogens is 322 g/mol. The van der Waals surface area contributed by atoms with Crippen LogP contribution in [0.2, 0.25) is 5.02 Å². The van der Waals surface area contributed by atoms with E-state index in [0.717, 1.165) is 5.56 Å². The van der Waals surface area contributed by atoms with E-state index in [-0.39, 0.29) is 18.9 Å². The summed E-state index contributed by atoms with van der Waals surface area (Å²) in [7, 11) is 0. The zero-order chi connectivity index (χ0) is 17.0. The number of aryl methyl sites for hydroxylation is 1. The average Bonchev–Trinajstić information content (AvgIpc) is 2.49. The molecule has 0 unspecified atom stereocenters. The molecule has 2 rings (SSSR count). The zero-order valence-electron chi connectivity index (χ0n) is 13.1. The molecule has 7 heteroatoms. The molecule has 1 saturated heterocycles. The van der Waals surface area contributed by atoms with Crippen LogP contribution in [0.1, 0.15) is 18.9 Å². The summed E-state index contributed by atoms with van der Waals surface area (Å²) in [5, 5.41) is 9.44. The smallest absolute Gasteiger partial charge is 0.306 e. The Morgan fingerprint density at radius 2 is 2.26 bits per heavy atom. The molecule has 0 radical (unpaired) electrons. The number of carboxylic acids is 1. The van der Waals surface area contributed by atoms with Crippen molar-refractivity contribution in [3.63, 3.8) is 0 Å². The summed E-state index contributed by atoms with van der Waals surface area (Å²) in [6.07, 6.45) is -1.26. The Hall–Kier alpha value is -1.79. The summed E-state index contributed by atoms with van der Waals surface area (Å²) in [4.78, 5) is 24.8. The summed E-state index contributed by atoms with van der Waals surface area (Å²) in [5.74, 6) is -0.519. The number of carbonyl (C=O) groups is 2. The van der Waals surface area contributed by atoms with Crippen LogP contribution in [0.25, 0.3) is 0 Å². The van der Waals surface area contributed by atoms with Crippen LogP contribution < -0.4 is 4.74 Å². The monoisotopic (exact) mass is 341 g/mol. The predicted octanol–water partition coefficient (Wildman–Crippen LogP) is 2.12. The number of morpholine rings is 1. The minimum Gasteiger partial charge on any atom is -0.481 e. The topological polar surface area (TPSA) is 76.1 Å². The largest absolute Gasteiger partial charge is 0.481 e. The van der Waals surface area contributed by atoms with Crippen molar-refractivity contribution in [1.82, 2.24) is 4.90 Å². The number of rotatable bonds is 5. The minimum atomic E-state index is -0.939. The third-order valence-electron chi connectivity index (χ3n) is 3.64. The van der Waals surface area contributed by atoms with Gasteiger partial charge in [-0.25, -0.2) is 0 Å². The predicted molar refractivity (Wildman–Crippen MR) is 84.9 cm³/mol. The van der Waals surface area contributed by atoms with E-state index >= 15 is 0 Å². The van der Waals surface area contributed by atoms with Gasteiger partial charge in [-0.15, -0.1) is 0 Å². The van der Waals surface area contributed by atoms with Crippen LogP contribution in [0, 0.1) is 6.92 Å². The second kappa shape index (κ2) is 7.66. The highest BCUT2D eigenvalue weighted by atomic mass is 35.5. The van der Waals surface area contributed by atoms with Gasteiger partial charge in [0.05, 0.1) is 19.1 Å². The molecule has 0 aromatic heterocycles. The van der Waals surface area contributed by atoms with Crippen molar-refractivity contribution in [2.75, 3.05) is 19.7 Å². The molecule has 1 aliphatic heterocycles. The van der Waals surface area contributed by atoms with Crippen molar-refractivity contribution in [1.29, 1.82) is 0 Å². The van der Waals surface area contributed by atoms with Crippen molar-refractivity contribution in [2.24, 2.45) is 0 Å². The first-order valence-corrected chi connectivity index (χ1v) is 7.79. The van der Waals surface area contributed by atoms with Crippen LogP contribution >= 0.6 is 11.6 Å². The molecule has 0 spiro atoms. The first kappa shape index (κ1) is 17.6. The number of hydrogen-bond donors (Lipinski definition) is 1. The maximum atomic E-state index is 12.5. The third kappa shape index (κ3) is 4.84. The van der Waals surface area contributed by atoms with Gasteiger partial charge in [0.2, 0.25) is 0 Å². The SMILES string of the molecule is Cc1cc(Cl)ccc1O[C@@H](C)C(=O)N1CCO[C@@H](CC(=O)O)C1. The number of hydrogen-bond acceptors (Lipinski definition) is 4. The van der Waals surface area contributed by atoms with Crippen LogP contribution in [0.15, 0.2) is 18.2 Å². The van der Waals surface area contributed by atoms with Crippen molar-refractivity contribution in [2.45, 2.75) is 32.5 Å². The molecule has 1 fully saturated rings. The van der Waals surface area contributed by atoms with E-state index in [9.17, 15) is 9.59 Å². The normalized spacial score (nSPS) is 19.3. The molecule has 1 N–H and O–H groups in total. The molecule has 2 atom stereocenters. The van der Waals surface area contributed by atoms with Crippen molar-refractivity contribution < 1.29 is 24.2 Å². The molecular formula is C16H20ClNO5. The summed E-state index contributed by atoms with van der Waals surface area (Å²) in [6, 6.07) is 5.21. The van der Waals surface area contributed by atoms with E-state index in [4.69, 9.17) is 26.2 Å². The van der Waals surface area contributed by atoms with Gasteiger partial charge in [0, 0.05) is 18.1 Å². The minimum absolute atomic E-state index is 0.116. The van der Waals surface area contributed by atoms with Gasteiger partial charge in [0.1, 0.15) is 5.75 Å². The zero-order valence-corrected chi connectivity index (χ0v) is 13.9. The Balaban J connectivity index is 1.97. The number of amides is 1. The van der Waals surface area contributed by atoms with Gasteiger partial charge >= 0.3 is 5.97 Å². The molecule has 1 aromatic carbocycles. The molecule has 1 heterocycles.